The summed E-state index contributed by atoms with van der Waals surface area (Å²) < 4.78 is 93.1. The second-order valence-electron chi connectivity index (χ2n) is 4.78. The predicted octanol–water partition coefficient (Wildman–Crippen LogP) is 5.17. The van der Waals surface area contributed by atoms with Gasteiger partial charge in [-0.2, -0.15) is 0 Å². The molecule has 0 aliphatic heterocycles. The van der Waals surface area contributed by atoms with E-state index in [-0.39, 0.29) is 12.0 Å². The number of allylic oxidation sites excluding steroid dienone is 1. The zero-order chi connectivity index (χ0) is 17.3. The van der Waals surface area contributed by atoms with Crippen LogP contribution in [0.15, 0.2) is 30.9 Å². The van der Waals surface area contributed by atoms with E-state index in [2.05, 4.69) is 6.58 Å². The molecule has 2 aromatic carbocycles. The molecule has 0 bridgehead atoms. The second-order valence-corrected chi connectivity index (χ2v) is 4.78. The maximum absolute atomic E-state index is 13.8. The molecule has 0 amide bonds. The monoisotopic (exact) mass is 334 g/mol. The molecule has 0 aliphatic carbocycles. The van der Waals surface area contributed by atoms with Crippen LogP contribution in [0.1, 0.15) is 17.0 Å². The van der Waals surface area contributed by atoms with Crippen molar-refractivity contribution in [3.8, 4) is 0 Å². The number of hydrogen-bond acceptors (Lipinski definition) is 0. The molecule has 0 spiro atoms. The second kappa shape index (κ2) is 6.44. The molecule has 23 heavy (non-hydrogen) atoms. The van der Waals surface area contributed by atoms with E-state index in [1.165, 1.54) is 0 Å². The fourth-order valence-corrected chi connectivity index (χ4v) is 2.17. The topological polar surface area (TPSA) is 0 Å². The molecule has 122 valence electrons. The van der Waals surface area contributed by atoms with Crippen LogP contribution >= 0.6 is 0 Å². The van der Waals surface area contributed by atoms with Crippen molar-refractivity contribution in [1.82, 2.24) is 0 Å². The first-order valence-electron chi connectivity index (χ1n) is 6.35. The van der Waals surface area contributed by atoms with E-state index in [1.54, 1.807) is 0 Å². The average molecular weight is 334 g/mol. The maximum atomic E-state index is 13.8. The lowest BCUT2D eigenvalue weighted by molar-refractivity contribution is 0.367. The van der Waals surface area contributed by atoms with Crippen molar-refractivity contribution in [1.29, 1.82) is 0 Å². The van der Waals surface area contributed by atoms with Gasteiger partial charge in [0.2, 0.25) is 5.82 Å². The van der Waals surface area contributed by atoms with Gasteiger partial charge in [0.25, 0.3) is 0 Å². The molecule has 0 aromatic heterocycles. The highest BCUT2D eigenvalue weighted by atomic mass is 19.2. The third kappa shape index (κ3) is 3.09. The Morgan fingerprint density at radius 1 is 0.783 bits per heavy atom. The Bertz CT molecular complexity index is 739. The highest BCUT2D eigenvalue weighted by Gasteiger charge is 2.29. The summed E-state index contributed by atoms with van der Waals surface area (Å²) in [5, 5.41) is 0. The van der Waals surface area contributed by atoms with Gasteiger partial charge in [-0.25, -0.2) is 30.7 Å². The number of benzene rings is 2. The van der Waals surface area contributed by atoms with Crippen molar-refractivity contribution in [2.75, 3.05) is 0 Å². The number of rotatable bonds is 4. The van der Waals surface area contributed by atoms with Crippen LogP contribution in [0.5, 0.6) is 0 Å². The first kappa shape index (κ1) is 17.1. The fourth-order valence-electron chi connectivity index (χ4n) is 2.17. The normalized spacial score (nSPS) is 12.3. The predicted molar refractivity (Wildman–Crippen MR) is 69.2 cm³/mol. The molecule has 0 nitrogen and oxygen atoms in total. The van der Waals surface area contributed by atoms with Gasteiger partial charge in [-0.1, -0.05) is 12.1 Å². The van der Waals surface area contributed by atoms with Crippen LogP contribution in [0, 0.1) is 40.7 Å². The SMILES string of the molecule is C=CC(Cc1ccc(F)c(F)c1)c1c(F)c(F)c(F)c(F)c1F. The van der Waals surface area contributed by atoms with E-state index in [1.807, 2.05) is 0 Å². The molecule has 0 saturated heterocycles. The van der Waals surface area contributed by atoms with Crippen molar-refractivity contribution >= 4 is 0 Å². The van der Waals surface area contributed by atoms with Gasteiger partial charge in [0.15, 0.2) is 34.9 Å². The zero-order valence-electron chi connectivity index (χ0n) is 11.4. The molecule has 0 N–H and O–H groups in total. The molecule has 1 unspecified atom stereocenters. The summed E-state index contributed by atoms with van der Waals surface area (Å²) in [4.78, 5) is 0. The van der Waals surface area contributed by atoms with Crippen LogP contribution in [0.2, 0.25) is 0 Å². The molecular weight excluding hydrogens is 325 g/mol. The Morgan fingerprint density at radius 2 is 1.30 bits per heavy atom. The molecule has 1 atom stereocenters. The van der Waals surface area contributed by atoms with Gasteiger partial charge in [-0.3, -0.25) is 0 Å². The average Bonchev–Trinajstić information content (AvgIpc) is 2.53. The van der Waals surface area contributed by atoms with Gasteiger partial charge in [-0.15, -0.1) is 6.58 Å². The minimum Gasteiger partial charge on any atom is -0.204 e. The fraction of sp³-hybridized carbons (Fsp3) is 0.125. The molecule has 0 fully saturated rings. The number of hydrogen-bond donors (Lipinski definition) is 0. The zero-order valence-corrected chi connectivity index (χ0v) is 11.4. The Hall–Kier alpha value is -2.31. The lowest BCUT2D eigenvalue weighted by Crippen LogP contribution is -2.12. The molecular formula is C16H9F7. The summed E-state index contributed by atoms with van der Waals surface area (Å²) in [5.41, 5.74) is -0.959. The van der Waals surface area contributed by atoms with Gasteiger partial charge in [0.1, 0.15) is 0 Å². The Labute approximate surface area is 126 Å². The van der Waals surface area contributed by atoms with E-state index >= 15 is 0 Å². The van der Waals surface area contributed by atoms with Gasteiger partial charge >= 0.3 is 0 Å². The minimum atomic E-state index is -2.26. The molecule has 0 radical (unpaired) electrons. The highest BCUT2D eigenvalue weighted by molar-refractivity contribution is 5.32. The van der Waals surface area contributed by atoms with Crippen LogP contribution in [0.4, 0.5) is 30.7 Å². The summed E-state index contributed by atoms with van der Waals surface area (Å²) in [6.07, 6.45) is 0.651. The van der Waals surface area contributed by atoms with E-state index in [0.29, 0.717) is 0 Å². The Kier molecular flexibility index (Phi) is 4.77. The molecule has 7 heteroatoms. The van der Waals surface area contributed by atoms with E-state index < -0.39 is 52.2 Å². The Morgan fingerprint density at radius 3 is 1.78 bits per heavy atom. The molecule has 0 heterocycles. The van der Waals surface area contributed by atoms with Crippen molar-refractivity contribution < 1.29 is 30.7 Å². The van der Waals surface area contributed by atoms with Gasteiger partial charge < -0.3 is 0 Å². The summed E-state index contributed by atoms with van der Waals surface area (Å²) in [6, 6.07) is 2.71. The van der Waals surface area contributed by atoms with Crippen LogP contribution in [-0.2, 0) is 6.42 Å². The Balaban J connectivity index is 2.50. The lowest BCUT2D eigenvalue weighted by atomic mass is 9.90. The highest BCUT2D eigenvalue weighted by Crippen LogP contribution is 2.31. The molecule has 0 aliphatic rings. The first-order valence-corrected chi connectivity index (χ1v) is 6.35. The largest absolute Gasteiger partial charge is 0.204 e. The minimum absolute atomic E-state index is 0.109. The van der Waals surface area contributed by atoms with Gasteiger partial charge in [0.05, 0.1) is 0 Å². The summed E-state index contributed by atoms with van der Waals surface area (Å²) in [6.45, 7) is 3.30. The third-order valence-electron chi connectivity index (χ3n) is 3.34. The van der Waals surface area contributed by atoms with E-state index in [0.717, 1.165) is 24.3 Å². The van der Waals surface area contributed by atoms with Crippen LogP contribution in [0.3, 0.4) is 0 Å². The lowest BCUT2D eigenvalue weighted by Gasteiger charge is -2.16. The van der Waals surface area contributed by atoms with E-state index in [4.69, 9.17) is 0 Å². The first-order chi connectivity index (χ1) is 10.8. The van der Waals surface area contributed by atoms with Crippen molar-refractivity contribution in [3.05, 3.63) is 82.7 Å². The quantitative estimate of drug-likeness (QED) is 0.313. The van der Waals surface area contributed by atoms with Gasteiger partial charge in [-0.05, 0) is 24.1 Å². The van der Waals surface area contributed by atoms with Crippen molar-refractivity contribution in [2.45, 2.75) is 12.3 Å². The standard InChI is InChI=1S/C16H9F7/c1-2-8(5-7-3-4-9(17)10(18)6-7)11-12(19)14(21)16(23)15(22)13(11)20/h2-4,6,8H,1,5H2. The maximum Gasteiger partial charge on any atom is 0.200 e. The van der Waals surface area contributed by atoms with Crippen LogP contribution in [0.25, 0.3) is 0 Å². The van der Waals surface area contributed by atoms with Crippen LogP contribution < -0.4 is 0 Å². The number of halogens is 7. The van der Waals surface area contributed by atoms with Crippen LogP contribution in [-0.4, -0.2) is 0 Å². The summed E-state index contributed by atoms with van der Waals surface area (Å²) in [7, 11) is 0. The molecule has 0 saturated carbocycles. The smallest absolute Gasteiger partial charge is 0.200 e. The van der Waals surface area contributed by atoms with E-state index in [9.17, 15) is 30.7 Å². The van der Waals surface area contributed by atoms with Crippen molar-refractivity contribution in [3.63, 3.8) is 0 Å². The van der Waals surface area contributed by atoms with Gasteiger partial charge in [0, 0.05) is 11.5 Å². The third-order valence-corrected chi connectivity index (χ3v) is 3.34. The van der Waals surface area contributed by atoms with Crippen molar-refractivity contribution in [2.24, 2.45) is 0 Å². The summed E-state index contributed by atoms with van der Waals surface area (Å²) >= 11 is 0. The molecule has 2 rings (SSSR count). The summed E-state index contributed by atoms with van der Waals surface area (Å²) in [5.74, 6) is -14.0. The molecule has 2 aromatic rings.